The normalized spacial score (nSPS) is 25.8. The van der Waals surface area contributed by atoms with Gasteiger partial charge in [-0.05, 0) is 55.6 Å². The van der Waals surface area contributed by atoms with Crippen LogP contribution in [0.25, 0.3) is 21.8 Å². The third-order valence-corrected chi connectivity index (χ3v) is 6.05. The summed E-state index contributed by atoms with van der Waals surface area (Å²) in [6, 6.07) is 17.7. The standard InChI is InChI=1S/C22H23N/c1-3-9-21-19(7-1)20-8-2-4-10-22(20)23(21)13-5-6-17-14-16-11-12-18(17)15-16/h1-4,7-12,16-18H,5-6,13-15H2. The zero-order chi connectivity index (χ0) is 15.2. The molecule has 3 atom stereocenters. The number of hydrogen-bond donors (Lipinski definition) is 0. The van der Waals surface area contributed by atoms with Gasteiger partial charge in [-0.1, -0.05) is 48.6 Å². The largest absolute Gasteiger partial charge is 0.340 e. The average molecular weight is 301 g/mol. The lowest BCUT2D eigenvalue weighted by Gasteiger charge is -2.18. The van der Waals surface area contributed by atoms with Crippen molar-refractivity contribution in [2.45, 2.75) is 32.2 Å². The van der Waals surface area contributed by atoms with Gasteiger partial charge in [-0.2, -0.15) is 0 Å². The van der Waals surface area contributed by atoms with Crippen LogP contribution in [0.5, 0.6) is 0 Å². The lowest BCUT2D eigenvalue weighted by atomic mass is 9.89. The Kier molecular flexibility index (Phi) is 3.07. The van der Waals surface area contributed by atoms with Gasteiger partial charge in [-0.3, -0.25) is 0 Å². The van der Waals surface area contributed by atoms with Crippen molar-refractivity contribution >= 4 is 21.8 Å². The fraction of sp³-hybridized carbons (Fsp3) is 0.364. The molecule has 2 bridgehead atoms. The molecule has 1 aromatic heterocycles. The third kappa shape index (κ3) is 2.14. The van der Waals surface area contributed by atoms with E-state index < -0.39 is 0 Å². The molecule has 3 unspecified atom stereocenters. The molecule has 1 nitrogen and oxygen atoms in total. The van der Waals surface area contributed by atoms with Crippen LogP contribution in [0, 0.1) is 17.8 Å². The van der Waals surface area contributed by atoms with Gasteiger partial charge >= 0.3 is 0 Å². The number of allylic oxidation sites excluding steroid dienone is 2. The fourth-order valence-corrected chi connectivity index (χ4v) is 4.98. The summed E-state index contributed by atoms with van der Waals surface area (Å²) in [7, 11) is 0. The van der Waals surface area contributed by atoms with Gasteiger partial charge in [0.1, 0.15) is 0 Å². The van der Waals surface area contributed by atoms with Crippen molar-refractivity contribution in [3.63, 3.8) is 0 Å². The molecule has 0 radical (unpaired) electrons. The molecule has 23 heavy (non-hydrogen) atoms. The van der Waals surface area contributed by atoms with E-state index in [0.717, 1.165) is 24.3 Å². The minimum atomic E-state index is 0.887. The number of fused-ring (bicyclic) bond motifs is 5. The van der Waals surface area contributed by atoms with Gasteiger partial charge < -0.3 is 4.57 Å². The van der Waals surface area contributed by atoms with E-state index in [-0.39, 0.29) is 0 Å². The van der Waals surface area contributed by atoms with Crippen molar-refractivity contribution < 1.29 is 0 Å². The molecule has 2 aliphatic carbocycles. The van der Waals surface area contributed by atoms with Crippen molar-refractivity contribution in [1.82, 2.24) is 4.57 Å². The Labute approximate surface area is 137 Å². The van der Waals surface area contributed by atoms with Crippen LogP contribution in [0.15, 0.2) is 60.7 Å². The van der Waals surface area contributed by atoms with Gasteiger partial charge in [-0.15, -0.1) is 0 Å². The number of benzene rings is 2. The maximum absolute atomic E-state index is 2.54. The zero-order valence-corrected chi connectivity index (χ0v) is 13.5. The molecule has 0 amide bonds. The molecule has 0 aliphatic heterocycles. The third-order valence-electron chi connectivity index (χ3n) is 6.05. The van der Waals surface area contributed by atoms with E-state index >= 15 is 0 Å². The lowest BCUT2D eigenvalue weighted by Crippen LogP contribution is -2.08. The summed E-state index contributed by atoms with van der Waals surface area (Å²) in [6.07, 6.45) is 10.5. The number of nitrogens with zero attached hydrogens (tertiary/aromatic N) is 1. The number of rotatable bonds is 4. The van der Waals surface area contributed by atoms with Crippen molar-refractivity contribution in [2.75, 3.05) is 0 Å². The fourth-order valence-electron chi connectivity index (χ4n) is 4.98. The van der Waals surface area contributed by atoms with Gasteiger partial charge in [0.15, 0.2) is 0 Å². The first-order valence-corrected chi connectivity index (χ1v) is 9.04. The van der Waals surface area contributed by atoms with Crippen LogP contribution in [0.3, 0.4) is 0 Å². The van der Waals surface area contributed by atoms with E-state index in [4.69, 9.17) is 0 Å². The molecule has 2 aromatic carbocycles. The highest BCUT2D eigenvalue weighted by Gasteiger charge is 2.34. The SMILES string of the molecule is C1=CC2CC1CC2CCCn1c2ccccc2c2ccccc21. The maximum atomic E-state index is 2.54. The Balaban J connectivity index is 1.42. The first kappa shape index (κ1) is 13.4. The second-order valence-electron chi connectivity index (χ2n) is 7.37. The van der Waals surface area contributed by atoms with E-state index in [9.17, 15) is 0 Å². The molecular weight excluding hydrogens is 278 g/mol. The predicted octanol–water partition coefficient (Wildman–Crippen LogP) is 5.79. The highest BCUT2D eigenvalue weighted by Crippen LogP contribution is 2.45. The number of para-hydroxylation sites is 2. The smallest absolute Gasteiger partial charge is 0.0491 e. The van der Waals surface area contributed by atoms with Crippen LogP contribution in [0.2, 0.25) is 0 Å². The second-order valence-corrected chi connectivity index (χ2v) is 7.37. The molecular formula is C22H23N. The van der Waals surface area contributed by atoms with Gasteiger partial charge in [0.25, 0.3) is 0 Å². The Bertz CT molecular complexity index is 832. The van der Waals surface area contributed by atoms with E-state index in [1.165, 1.54) is 47.5 Å². The summed E-state index contributed by atoms with van der Waals surface area (Å²) >= 11 is 0. The van der Waals surface area contributed by atoms with Crippen LogP contribution < -0.4 is 0 Å². The van der Waals surface area contributed by atoms with Gasteiger partial charge in [0.05, 0.1) is 0 Å². The Morgan fingerprint density at radius 3 is 2.13 bits per heavy atom. The van der Waals surface area contributed by atoms with E-state index in [0.29, 0.717) is 0 Å². The quantitative estimate of drug-likeness (QED) is 0.538. The average Bonchev–Trinajstić information content (AvgIpc) is 3.29. The van der Waals surface area contributed by atoms with Crippen LogP contribution in [0.1, 0.15) is 25.7 Å². The Hall–Kier alpha value is -2.02. The summed E-state index contributed by atoms with van der Waals surface area (Å²) < 4.78 is 2.54. The lowest BCUT2D eigenvalue weighted by molar-refractivity contribution is 0.393. The molecule has 0 N–H and O–H groups in total. The molecule has 1 saturated carbocycles. The Morgan fingerprint density at radius 1 is 0.826 bits per heavy atom. The summed E-state index contributed by atoms with van der Waals surface area (Å²) in [6.45, 7) is 1.14. The van der Waals surface area contributed by atoms with Crippen molar-refractivity contribution in [2.24, 2.45) is 17.8 Å². The van der Waals surface area contributed by atoms with Crippen LogP contribution in [0.4, 0.5) is 0 Å². The molecule has 1 heteroatoms. The van der Waals surface area contributed by atoms with Crippen LogP contribution >= 0.6 is 0 Å². The van der Waals surface area contributed by atoms with Crippen LogP contribution in [-0.4, -0.2) is 4.57 Å². The highest BCUT2D eigenvalue weighted by atomic mass is 15.0. The monoisotopic (exact) mass is 301 g/mol. The number of aryl methyl sites for hydroxylation is 1. The maximum Gasteiger partial charge on any atom is 0.0491 e. The molecule has 5 rings (SSSR count). The Morgan fingerprint density at radius 2 is 1.52 bits per heavy atom. The summed E-state index contributed by atoms with van der Waals surface area (Å²) in [5.74, 6) is 2.73. The molecule has 0 spiro atoms. The van der Waals surface area contributed by atoms with Gasteiger partial charge in [0, 0.05) is 28.4 Å². The minimum absolute atomic E-state index is 0.887. The zero-order valence-electron chi connectivity index (χ0n) is 13.5. The summed E-state index contributed by atoms with van der Waals surface area (Å²) in [5.41, 5.74) is 2.78. The second kappa shape index (κ2) is 5.26. The molecule has 1 heterocycles. The highest BCUT2D eigenvalue weighted by molar-refractivity contribution is 6.07. The topological polar surface area (TPSA) is 4.93 Å². The van der Waals surface area contributed by atoms with Crippen molar-refractivity contribution in [3.8, 4) is 0 Å². The minimum Gasteiger partial charge on any atom is -0.340 e. The summed E-state index contributed by atoms with van der Waals surface area (Å²) in [5, 5.41) is 2.79. The van der Waals surface area contributed by atoms with Crippen LogP contribution in [-0.2, 0) is 6.54 Å². The van der Waals surface area contributed by atoms with E-state index in [1.54, 1.807) is 0 Å². The number of hydrogen-bond acceptors (Lipinski definition) is 0. The predicted molar refractivity (Wildman–Crippen MR) is 97.5 cm³/mol. The van der Waals surface area contributed by atoms with Crippen molar-refractivity contribution in [3.05, 3.63) is 60.7 Å². The number of aromatic nitrogens is 1. The van der Waals surface area contributed by atoms with E-state index in [2.05, 4.69) is 65.3 Å². The summed E-state index contributed by atoms with van der Waals surface area (Å²) in [4.78, 5) is 0. The molecule has 0 saturated heterocycles. The molecule has 3 aromatic rings. The molecule has 116 valence electrons. The first-order valence-electron chi connectivity index (χ1n) is 9.04. The molecule has 2 aliphatic rings. The first-order chi connectivity index (χ1) is 11.4. The van der Waals surface area contributed by atoms with E-state index in [1.807, 2.05) is 0 Å². The van der Waals surface area contributed by atoms with Gasteiger partial charge in [0.2, 0.25) is 0 Å². The van der Waals surface area contributed by atoms with Crippen molar-refractivity contribution in [1.29, 1.82) is 0 Å². The molecule has 1 fully saturated rings. The van der Waals surface area contributed by atoms with Gasteiger partial charge in [-0.25, -0.2) is 0 Å².